The second kappa shape index (κ2) is 2.38. The summed E-state index contributed by atoms with van der Waals surface area (Å²) in [7, 11) is 0. The molecule has 0 unspecified atom stereocenters. The third-order valence-corrected chi connectivity index (χ3v) is 3.37. The Labute approximate surface area is 77.9 Å². The van der Waals surface area contributed by atoms with Crippen molar-refractivity contribution in [1.82, 2.24) is 4.90 Å². The van der Waals surface area contributed by atoms with Crippen LogP contribution in [0.5, 0.6) is 0 Å². The minimum Gasteiger partial charge on any atom is -0.341 e. The third kappa shape index (κ3) is 1.13. The lowest BCUT2D eigenvalue weighted by atomic mass is 10.1. The molecule has 1 saturated carbocycles. The molecule has 3 atom stereocenters. The van der Waals surface area contributed by atoms with Gasteiger partial charge in [-0.05, 0) is 24.7 Å². The van der Waals surface area contributed by atoms with Crippen LogP contribution in [0.3, 0.4) is 0 Å². The maximum absolute atomic E-state index is 11.4. The first-order chi connectivity index (χ1) is 5.53. The van der Waals surface area contributed by atoms with Gasteiger partial charge in [0.05, 0.1) is 0 Å². The number of piperidine rings is 1. The summed E-state index contributed by atoms with van der Waals surface area (Å²) in [6, 6.07) is 0. The zero-order valence-electron chi connectivity index (χ0n) is 7.51. The number of carbonyl (C=O) groups is 1. The molecular weight excluding hydrogens is 174 g/mol. The van der Waals surface area contributed by atoms with Crippen LogP contribution >= 0.6 is 11.6 Å². The summed E-state index contributed by atoms with van der Waals surface area (Å²) >= 11 is 5.73. The van der Waals surface area contributed by atoms with E-state index in [-0.39, 0.29) is 11.3 Å². The zero-order chi connectivity index (χ0) is 8.93. The van der Waals surface area contributed by atoms with Gasteiger partial charge in [-0.3, -0.25) is 4.79 Å². The van der Waals surface area contributed by atoms with Crippen molar-refractivity contribution in [1.29, 1.82) is 0 Å². The highest BCUT2D eigenvalue weighted by Gasteiger charge is 2.57. The molecule has 0 aromatic carbocycles. The molecule has 0 aromatic heterocycles. The van der Waals surface area contributed by atoms with E-state index in [1.54, 1.807) is 6.92 Å². The quantitative estimate of drug-likeness (QED) is 0.570. The summed E-state index contributed by atoms with van der Waals surface area (Å²) in [6.07, 6.45) is 1.30. The highest BCUT2D eigenvalue weighted by Crippen LogP contribution is 2.57. The van der Waals surface area contributed by atoms with Gasteiger partial charge in [-0.2, -0.15) is 0 Å². The van der Waals surface area contributed by atoms with Crippen LogP contribution in [0, 0.1) is 11.3 Å². The topological polar surface area (TPSA) is 20.3 Å². The number of fused-ring (bicyclic) bond motifs is 1. The van der Waals surface area contributed by atoms with E-state index in [0.29, 0.717) is 5.41 Å². The summed E-state index contributed by atoms with van der Waals surface area (Å²) < 4.78 is 0. The predicted molar refractivity (Wildman–Crippen MR) is 48.1 cm³/mol. The van der Waals surface area contributed by atoms with Gasteiger partial charge in [0.25, 0.3) is 0 Å². The van der Waals surface area contributed by atoms with E-state index in [1.165, 1.54) is 6.42 Å². The Balaban J connectivity index is 1.97. The number of rotatable bonds is 1. The molecule has 2 aliphatic rings. The molecule has 1 amide bonds. The Hall–Kier alpha value is -0.240. The van der Waals surface area contributed by atoms with Crippen molar-refractivity contribution >= 4 is 17.5 Å². The maximum Gasteiger partial charge on any atom is 0.240 e. The molecule has 1 saturated heterocycles. The standard InChI is InChI=1S/C9H14ClNO/c1-6(10)8(12)11-4-7-3-9(7,2)5-11/h6-7H,3-5H2,1-2H3/t6-,7-,9+/m1/s1. The normalized spacial score (nSPS) is 40.9. The molecule has 0 bridgehead atoms. The number of alkyl halides is 1. The molecule has 1 heterocycles. The van der Waals surface area contributed by atoms with Gasteiger partial charge in [-0.25, -0.2) is 0 Å². The number of carbonyl (C=O) groups excluding carboxylic acids is 1. The Morgan fingerprint density at radius 2 is 2.42 bits per heavy atom. The van der Waals surface area contributed by atoms with E-state index < -0.39 is 0 Å². The van der Waals surface area contributed by atoms with Crippen LogP contribution in [-0.2, 0) is 4.79 Å². The molecule has 12 heavy (non-hydrogen) atoms. The van der Waals surface area contributed by atoms with Crippen LogP contribution in [-0.4, -0.2) is 29.3 Å². The average Bonchev–Trinajstić information content (AvgIpc) is 2.49. The van der Waals surface area contributed by atoms with Crippen LogP contribution in [0.4, 0.5) is 0 Å². The number of halogens is 1. The number of hydrogen-bond donors (Lipinski definition) is 0. The van der Waals surface area contributed by atoms with Crippen molar-refractivity contribution < 1.29 is 4.79 Å². The monoisotopic (exact) mass is 187 g/mol. The fourth-order valence-electron chi connectivity index (χ4n) is 2.17. The van der Waals surface area contributed by atoms with Crippen LogP contribution in [0.1, 0.15) is 20.3 Å². The summed E-state index contributed by atoms with van der Waals surface area (Å²) in [5, 5.41) is -0.355. The Morgan fingerprint density at radius 1 is 1.75 bits per heavy atom. The summed E-state index contributed by atoms with van der Waals surface area (Å²) in [4.78, 5) is 13.4. The molecule has 1 aliphatic carbocycles. The van der Waals surface area contributed by atoms with Crippen LogP contribution in [0.25, 0.3) is 0 Å². The van der Waals surface area contributed by atoms with Crippen molar-refractivity contribution in [2.75, 3.05) is 13.1 Å². The Kier molecular flexibility index (Phi) is 1.66. The van der Waals surface area contributed by atoms with E-state index in [0.717, 1.165) is 19.0 Å². The van der Waals surface area contributed by atoms with Crippen molar-refractivity contribution in [2.45, 2.75) is 25.6 Å². The molecule has 0 radical (unpaired) electrons. The number of hydrogen-bond acceptors (Lipinski definition) is 1. The van der Waals surface area contributed by atoms with Crippen LogP contribution in [0.2, 0.25) is 0 Å². The molecule has 0 aromatic rings. The number of amides is 1. The second-order valence-corrected chi connectivity index (χ2v) is 5.04. The minimum atomic E-state index is -0.355. The van der Waals surface area contributed by atoms with Crippen molar-refractivity contribution in [3.8, 4) is 0 Å². The van der Waals surface area contributed by atoms with Gasteiger partial charge in [0.1, 0.15) is 5.38 Å². The van der Waals surface area contributed by atoms with Crippen molar-refractivity contribution in [3.63, 3.8) is 0 Å². The van der Waals surface area contributed by atoms with E-state index in [4.69, 9.17) is 11.6 Å². The molecule has 2 rings (SSSR count). The fraction of sp³-hybridized carbons (Fsp3) is 0.889. The van der Waals surface area contributed by atoms with Gasteiger partial charge >= 0.3 is 0 Å². The molecule has 0 N–H and O–H groups in total. The van der Waals surface area contributed by atoms with Gasteiger partial charge in [-0.15, -0.1) is 11.6 Å². The van der Waals surface area contributed by atoms with Gasteiger partial charge in [0.2, 0.25) is 5.91 Å². The Bertz CT molecular complexity index is 229. The van der Waals surface area contributed by atoms with E-state index >= 15 is 0 Å². The van der Waals surface area contributed by atoms with E-state index in [1.807, 2.05) is 4.90 Å². The average molecular weight is 188 g/mol. The number of nitrogens with zero attached hydrogens (tertiary/aromatic N) is 1. The molecule has 1 aliphatic heterocycles. The first-order valence-electron chi connectivity index (χ1n) is 4.46. The molecule has 68 valence electrons. The molecule has 2 nitrogen and oxygen atoms in total. The molecule has 0 spiro atoms. The first-order valence-corrected chi connectivity index (χ1v) is 4.89. The predicted octanol–water partition coefficient (Wildman–Crippen LogP) is 1.48. The SMILES string of the molecule is C[C@@H](Cl)C(=O)N1C[C@H]2C[C@@]2(C)C1. The van der Waals surface area contributed by atoms with Gasteiger partial charge < -0.3 is 4.90 Å². The van der Waals surface area contributed by atoms with Crippen molar-refractivity contribution in [3.05, 3.63) is 0 Å². The first kappa shape index (κ1) is 8.36. The zero-order valence-corrected chi connectivity index (χ0v) is 8.27. The smallest absolute Gasteiger partial charge is 0.240 e. The van der Waals surface area contributed by atoms with Gasteiger partial charge in [0, 0.05) is 13.1 Å². The maximum atomic E-state index is 11.4. The lowest BCUT2D eigenvalue weighted by Gasteiger charge is -2.20. The van der Waals surface area contributed by atoms with Crippen molar-refractivity contribution in [2.24, 2.45) is 11.3 Å². The van der Waals surface area contributed by atoms with E-state index in [2.05, 4.69) is 6.92 Å². The lowest BCUT2D eigenvalue weighted by molar-refractivity contribution is -0.130. The largest absolute Gasteiger partial charge is 0.341 e. The Morgan fingerprint density at radius 3 is 2.83 bits per heavy atom. The van der Waals surface area contributed by atoms with Gasteiger partial charge in [-0.1, -0.05) is 6.92 Å². The highest BCUT2D eigenvalue weighted by atomic mass is 35.5. The fourth-order valence-corrected chi connectivity index (χ4v) is 2.31. The molecular formula is C9H14ClNO. The van der Waals surface area contributed by atoms with E-state index in [9.17, 15) is 4.79 Å². The van der Waals surface area contributed by atoms with Crippen LogP contribution in [0.15, 0.2) is 0 Å². The van der Waals surface area contributed by atoms with Crippen LogP contribution < -0.4 is 0 Å². The highest BCUT2D eigenvalue weighted by molar-refractivity contribution is 6.30. The second-order valence-electron chi connectivity index (χ2n) is 4.39. The lowest BCUT2D eigenvalue weighted by Crippen LogP contribution is -2.35. The van der Waals surface area contributed by atoms with Gasteiger partial charge in [0.15, 0.2) is 0 Å². The third-order valence-electron chi connectivity index (χ3n) is 3.18. The molecule has 2 fully saturated rings. The summed E-state index contributed by atoms with van der Waals surface area (Å²) in [5.74, 6) is 0.863. The number of likely N-dealkylation sites (tertiary alicyclic amines) is 1. The summed E-state index contributed by atoms with van der Waals surface area (Å²) in [5.41, 5.74) is 0.446. The molecule has 3 heteroatoms. The summed E-state index contributed by atoms with van der Waals surface area (Å²) in [6.45, 7) is 5.86. The minimum absolute atomic E-state index is 0.102.